The number of halogens is 1. The van der Waals surface area contributed by atoms with Crippen LogP contribution in [0.2, 0.25) is 0 Å². The molecule has 3 nitrogen and oxygen atoms in total. The molecule has 0 radical (unpaired) electrons. The summed E-state index contributed by atoms with van der Waals surface area (Å²) in [5, 5.41) is 3.37. The molecule has 106 valence electrons. The summed E-state index contributed by atoms with van der Waals surface area (Å²) in [7, 11) is -3.20. The Morgan fingerprint density at radius 1 is 1.42 bits per heavy atom. The van der Waals surface area contributed by atoms with Gasteiger partial charge >= 0.3 is 0 Å². The molecule has 0 aliphatic carbocycles. The monoisotopic (exact) mass is 363 g/mol. The van der Waals surface area contributed by atoms with Gasteiger partial charge in [0, 0.05) is 22.2 Å². The van der Waals surface area contributed by atoms with Crippen molar-refractivity contribution in [1.29, 1.82) is 0 Å². The molecule has 1 atom stereocenters. The topological polar surface area (TPSA) is 46.2 Å². The second kappa shape index (κ2) is 6.16. The van der Waals surface area contributed by atoms with Crippen LogP contribution in [0.5, 0.6) is 0 Å². The molecule has 1 fully saturated rings. The quantitative estimate of drug-likeness (QED) is 0.838. The van der Waals surface area contributed by atoms with E-state index < -0.39 is 9.84 Å². The lowest BCUT2D eigenvalue weighted by Gasteiger charge is -2.24. The van der Waals surface area contributed by atoms with Gasteiger partial charge in [-0.3, -0.25) is 0 Å². The average molecular weight is 364 g/mol. The first kappa shape index (κ1) is 15.4. The zero-order valence-corrected chi connectivity index (χ0v) is 14.3. The van der Waals surface area contributed by atoms with Gasteiger partial charge < -0.3 is 5.32 Å². The molecule has 0 bridgehead atoms. The molecule has 1 aliphatic heterocycles. The van der Waals surface area contributed by atoms with Gasteiger partial charge in [-0.05, 0) is 65.2 Å². The van der Waals surface area contributed by atoms with Crippen LogP contribution in [-0.4, -0.2) is 34.0 Å². The molecule has 1 heterocycles. The molecule has 2 rings (SSSR count). The van der Waals surface area contributed by atoms with E-state index in [1.807, 2.05) is 12.3 Å². The van der Waals surface area contributed by atoms with Crippen LogP contribution in [0.15, 0.2) is 26.4 Å². The first-order chi connectivity index (χ1) is 8.93. The van der Waals surface area contributed by atoms with Crippen molar-refractivity contribution in [1.82, 2.24) is 5.32 Å². The molecule has 0 amide bonds. The minimum atomic E-state index is -3.20. The van der Waals surface area contributed by atoms with Crippen molar-refractivity contribution in [3.8, 4) is 0 Å². The molecule has 1 aromatic carbocycles. The van der Waals surface area contributed by atoms with Gasteiger partial charge in [-0.25, -0.2) is 8.42 Å². The lowest BCUT2D eigenvalue weighted by Crippen LogP contribution is -2.28. The van der Waals surface area contributed by atoms with Crippen LogP contribution in [0, 0.1) is 0 Å². The van der Waals surface area contributed by atoms with E-state index in [4.69, 9.17) is 0 Å². The zero-order chi connectivity index (χ0) is 14.0. The van der Waals surface area contributed by atoms with Crippen LogP contribution in [0.25, 0.3) is 0 Å². The third-order valence-electron chi connectivity index (χ3n) is 3.40. The number of rotatable bonds is 3. The SMILES string of the molecule is CSc1c(Br)cc(C2CCCNC2)cc1S(C)(=O)=O. The van der Waals surface area contributed by atoms with E-state index in [9.17, 15) is 8.42 Å². The first-order valence-electron chi connectivity index (χ1n) is 6.21. The summed E-state index contributed by atoms with van der Waals surface area (Å²) in [6, 6.07) is 3.92. The number of sulfone groups is 1. The Labute approximate surface area is 127 Å². The van der Waals surface area contributed by atoms with Gasteiger partial charge in [-0.2, -0.15) is 0 Å². The van der Waals surface area contributed by atoms with Crippen molar-refractivity contribution in [3.63, 3.8) is 0 Å². The minimum Gasteiger partial charge on any atom is -0.316 e. The van der Waals surface area contributed by atoms with Gasteiger partial charge in [0.2, 0.25) is 0 Å². The van der Waals surface area contributed by atoms with E-state index in [1.165, 1.54) is 18.0 Å². The number of nitrogens with one attached hydrogen (secondary N) is 1. The minimum absolute atomic E-state index is 0.404. The van der Waals surface area contributed by atoms with Gasteiger partial charge in [0.25, 0.3) is 0 Å². The highest BCUT2D eigenvalue weighted by Crippen LogP contribution is 2.36. The summed E-state index contributed by atoms with van der Waals surface area (Å²) in [6.45, 7) is 1.98. The third kappa shape index (κ3) is 3.54. The van der Waals surface area contributed by atoms with Gasteiger partial charge in [0.15, 0.2) is 9.84 Å². The summed E-state index contributed by atoms with van der Waals surface area (Å²) >= 11 is 4.97. The molecule has 1 aromatic rings. The summed E-state index contributed by atoms with van der Waals surface area (Å²) in [5.41, 5.74) is 1.11. The Kier molecular flexibility index (Phi) is 4.98. The van der Waals surface area contributed by atoms with Crippen LogP contribution in [0.4, 0.5) is 0 Å². The number of hydrogen-bond acceptors (Lipinski definition) is 4. The first-order valence-corrected chi connectivity index (χ1v) is 10.1. The molecule has 1 N–H and O–H groups in total. The Bertz CT molecular complexity index is 566. The lowest BCUT2D eigenvalue weighted by molar-refractivity contribution is 0.460. The second-order valence-corrected chi connectivity index (χ2v) is 8.50. The summed E-state index contributed by atoms with van der Waals surface area (Å²) in [4.78, 5) is 1.24. The fourth-order valence-corrected chi connectivity index (χ4v) is 5.54. The van der Waals surface area contributed by atoms with Gasteiger partial charge in [0.05, 0.1) is 4.90 Å². The van der Waals surface area contributed by atoms with E-state index in [2.05, 4.69) is 27.3 Å². The summed E-state index contributed by atoms with van der Waals surface area (Å²) in [5.74, 6) is 0.404. The largest absolute Gasteiger partial charge is 0.316 e. The van der Waals surface area contributed by atoms with Crippen molar-refractivity contribution in [2.24, 2.45) is 0 Å². The van der Waals surface area contributed by atoms with E-state index in [0.29, 0.717) is 10.8 Å². The Hall–Kier alpha value is -0.0400. The van der Waals surface area contributed by atoms with E-state index in [0.717, 1.165) is 40.9 Å². The van der Waals surface area contributed by atoms with Gasteiger partial charge in [-0.15, -0.1) is 11.8 Å². The van der Waals surface area contributed by atoms with Crippen LogP contribution in [0.1, 0.15) is 24.3 Å². The summed E-state index contributed by atoms with van der Waals surface area (Å²) < 4.78 is 24.8. The van der Waals surface area contributed by atoms with Crippen LogP contribution in [0.3, 0.4) is 0 Å². The Morgan fingerprint density at radius 3 is 2.68 bits per heavy atom. The molecule has 6 heteroatoms. The molecular formula is C13H18BrNO2S2. The third-order valence-corrected chi connectivity index (χ3v) is 6.39. The van der Waals surface area contributed by atoms with Crippen molar-refractivity contribution >= 4 is 37.5 Å². The highest BCUT2D eigenvalue weighted by atomic mass is 79.9. The molecule has 1 unspecified atom stereocenters. The molecule has 1 saturated heterocycles. The maximum Gasteiger partial charge on any atom is 0.176 e. The zero-order valence-electron chi connectivity index (χ0n) is 11.1. The molecule has 0 saturated carbocycles. The van der Waals surface area contributed by atoms with Crippen LogP contribution >= 0.6 is 27.7 Å². The average Bonchev–Trinajstić information content (AvgIpc) is 2.37. The molecule has 0 aromatic heterocycles. The molecule has 1 aliphatic rings. The second-order valence-electron chi connectivity index (χ2n) is 4.85. The number of hydrogen-bond donors (Lipinski definition) is 1. The summed E-state index contributed by atoms with van der Waals surface area (Å²) in [6.07, 6.45) is 5.43. The van der Waals surface area contributed by atoms with Crippen molar-refractivity contribution in [3.05, 3.63) is 22.2 Å². The highest BCUT2D eigenvalue weighted by Gasteiger charge is 2.21. The van der Waals surface area contributed by atoms with Crippen LogP contribution < -0.4 is 5.32 Å². The molecule has 0 spiro atoms. The highest BCUT2D eigenvalue weighted by molar-refractivity contribution is 9.10. The predicted octanol–water partition coefficient (Wildman–Crippen LogP) is 3.04. The fraction of sp³-hybridized carbons (Fsp3) is 0.538. The van der Waals surface area contributed by atoms with Gasteiger partial charge in [-0.1, -0.05) is 0 Å². The molecule has 19 heavy (non-hydrogen) atoms. The Balaban J connectivity index is 2.50. The number of thioether (sulfide) groups is 1. The van der Waals surface area contributed by atoms with Crippen molar-refractivity contribution < 1.29 is 8.42 Å². The van der Waals surface area contributed by atoms with E-state index in [-0.39, 0.29) is 0 Å². The maximum atomic E-state index is 12.0. The normalized spacial score (nSPS) is 20.5. The van der Waals surface area contributed by atoms with Crippen LogP contribution in [-0.2, 0) is 9.84 Å². The molecular weight excluding hydrogens is 346 g/mol. The van der Waals surface area contributed by atoms with E-state index >= 15 is 0 Å². The Morgan fingerprint density at radius 2 is 2.16 bits per heavy atom. The fourth-order valence-electron chi connectivity index (χ4n) is 2.43. The standard InChI is InChI=1S/C13H18BrNO2S2/c1-18-13-11(14)6-10(7-12(13)19(2,16)17)9-4-3-5-15-8-9/h6-7,9,15H,3-5,8H2,1-2H3. The van der Waals surface area contributed by atoms with Crippen molar-refractivity contribution in [2.45, 2.75) is 28.6 Å². The van der Waals surface area contributed by atoms with Crippen molar-refractivity contribution in [2.75, 3.05) is 25.6 Å². The van der Waals surface area contributed by atoms with Gasteiger partial charge in [0.1, 0.15) is 0 Å². The number of benzene rings is 1. The number of piperidine rings is 1. The maximum absolute atomic E-state index is 12.0. The lowest BCUT2D eigenvalue weighted by atomic mass is 9.92. The smallest absolute Gasteiger partial charge is 0.176 e. The van der Waals surface area contributed by atoms with E-state index in [1.54, 1.807) is 0 Å². The predicted molar refractivity (Wildman–Crippen MR) is 83.9 cm³/mol.